The zero-order chi connectivity index (χ0) is 16.4. The zero-order valence-electron chi connectivity index (χ0n) is 11.9. The van der Waals surface area contributed by atoms with E-state index in [0.717, 1.165) is 0 Å². The highest BCUT2D eigenvalue weighted by molar-refractivity contribution is 7.60. The van der Waals surface area contributed by atoms with E-state index in [9.17, 15) is 4.57 Å². The fraction of sp³-hybridized carbons (Fsp3) is 0.154. The Labute approximate surface area is 130 Å². The predicted molar refractivity (Wildman–Crippen MR) is 83.4 cm³/mol. The lowest BCUT2D eigenvalue weighted by molar-refractivity contribution is 0.300. The lowest BCUT2D eigenvalue weighted by Crippen LogP contribution is -2.10. The van der Waals surface area contributed by atoms with Crippen molar-refractivity contribution in [2.24, 2.45) is 0 Å². The Kier molecular flexibility index (Phi) is 3.99. The van der Waals surface area contributed by atoms with Crippen LogP contribution in [0.4, 0.5) is 5.82 Å². The van der Waals surface area contributed by atoms with Crippen LogP contribution in [0.2, 0.25) is 0 Å². The molecule has 0 unspecified atom stereocenters. The van der Waals surface area contributed by atoms with Gasteiger partial charge in [-0.3, -0.25) is 4.57 Å². The van der Waals surface area contributed by atoms with Gasteiger partial charge in [-0.05, 0) is 18.2 Å². The molecule has 4 N–H and O–H groups in total. The minimum absolute atomic E-state index is 0.0800. The predicted octanol–water partition coefficient (Wildman–Crippen LogP) is 0.291. The standard InChI is InChI=1S/C13H14N5O4P/c14-12-11-13(16-7-15-12)18(8-17-11)4-5-22-9-2-1-3-10(6-9)23(19,20)21/h1-3,6-8H,4-5H2,(H2,14,15,16)(H2,19,20,21). The van der Waals surface area contributed by atoms with Gasteiger partial charge in [0, 0.05) is 0 Å². The van der Waals surface area contributed by atoms with Gasteiger partial charge in [-0.2, -0.15) is 0 Å². The van der Waals surface area contributed by atoms with Crippen LogP contribution in [0.15, 0.2) is 36.9 Å². The van der Waals surface area contributed by atoms with Gasteiger partial charge in [0.05, 0.1) is 18.2 Å². The molecule has 10 heteroatoms. The van der Waals surface area contributed by atoms with Crippen molar-refractivity contribution in [2.75, 3.05) is 12.3 Å². The molecule has 0 aliphatic heterocycles. The van der Waals surface area contributed by atoms with Crippen molar-refractivity contribution in [3.05, 3.63) is 36.9 Å². The maximum atomic E-state index is 11.2. The SMILES string of the molecule is Nc1ncnc2c1ncn2CCOc1cccc(P(=O)(O)O)c1. The molecule has 120 valence electrons. The van der Waals surface area contributed by atoms with Crippen LogP contribution >= 0.6 is 7.60 Å². The summed E-state index contributed by atoms with van der Waals surface area (Å²) in [6.45, 7) is 0.729. The lowest BCUT2D eigenvalue weighted by atomic mass is 10.3. The molecule has 0 amide bonds. The van der Waals surface area contributed by atoms with Crippen LogP contribution in [-0.4, -0.2) is 35.9 Å². The first kappa shape index (κ1) is 15.4. The summed E-state index contributed by atoms with van der Waals surface area (Å²) in [5.41, 5.74) is 6.84. The zero-order valence-corrected chi connectivity index (χ0v) is 12.8. The molecule has 1 aromatic carbocycles. The number of nitrogens with zero attached hydrogens (tertiary/aromatic N) is 4. The Morgan fingerprint density at radius 3 is 2.87 bits per heavy atom. The van der Waals surface area contributed by atoms with Gasteiger partial charge in [-0.25, -0.2) is 15.0 Å². The summed E-state index contributed by atoms with van der Waals surface area (Å²) >= 11 is 0. The van der Waals surface area contributed by atoms with Gasteiger partial charge in [-0.1, -0.05) is 6.07 Å². The number of hydrogen-bond donors (Lipinski definition) is 3. The Hall–Kier alpha value is -2.48. The molecule has 0 spiro atoms. The van der Waals surface area contributed by atoms with E-state index in [0.29, 0.717) is 29.3 Å². The minimum Gasteiger partial charge on any atom is -0.492 e. The molecule has 9 nitrogen and oxygen atoms in total. The maximum absolute atomic E-state index is 11.2. The first-order valence-electron chi connectivity index (χ1n) is 6.65. The van der Waals surface area contributed by atoms with Crippen molar-refractivity contribution >= 4 is 29.9 Å². The van der Waals surface area contributed by atoms with E-state index in [1.54, 1.807) is 17.0 Å². The van der Waals surface area contributed by atoms with Crippen LogP contribution in [0.25, 0.3) is 11.2 Å². The number of fused-ring (bicyclic) bond motifs is 1. The Morgan fingerprint density at radius 1 is 1.26 bits per heavy atom. The number of nitrogens with two attached hydrogens (primary N) is 1. The number of nitrogen functional groups attached to an aromatic ring is 1. The average Bonchev–Trinajstić information content (AvgIpc) is 2.92. The van der Waals surface area contributed by atoms with Crippen molar-refractivity contribution in [3.8, 4) is 5.75 Å². The van der Waals surface area contributed by atoms with Gasteiger partial charge in [-0.15, -0.1) is 0 Å². The van der Waals surface area contributed by atoms with E-state index in [2.05, 4.69) is 15.0 Å². The van der Waals surface area contributed by atoms with Crippen LogP contribution < -0.4 is 15.8 Å². The van der Waals surface area contributed by atoms with Crippen molar-refractivity contribution in [2.45, 2.75) is 6.54 Å². The van der Waals surface area contributed by atoms with Gasteiger partial charge in [0.25, 0.3) is 0 Å². The molecule has 0 aliphatic rings. The Morgan fingerprint density at radius 2 is 2.09 bits per heavy atom. The molecule has 0 atom stereocenters. The van der Waals surface area contributed by atoms with Gasteiger partial charge >= 0.3 is 7.60 Å². The van der Waals surface area contributed by atoms with Crippen molar-refractivity contribution in [1.29, 1.82) is 0 Å². The highest BCUT2D eigenvalue weighted by Crippen LogP contribution is 2.34. The molecule has 3 aromatic rings. The van der Waals surface area contributed by atoms with E-state index >= 15 is 0 Å². The Bertz CT molecular complexity index is 891. The number of hydrogen-bond acceptors (Lipinski definition) is 6. The fourth-order valence-electron chi connectivity index (χ4n) is 2.08. The number of ether oxygens (including phenoxy) is 1. The summed E-state index contributed by atoms with van der Waals surface area (Å²) < 4.78 is 18.5. The molecule has 2 aromatic heterocycles. The summed E-state index contributed by atoms with van der Waals surface area (Å²) in [5.74, 6) is 0.688. The number of imidazole rings is 1. The van der Waals surface area contributed by atoms with Crippen LogP contribution in [0.3, 0.4) is 0 Å². The van der Waals surface area contributed by atoms with Crippen LogP contribution in [0, 0.1) is 0 Å². The highest BCUT2D eigenvalue weighted by Gasteiger charge is 2.17. The average molecular weight is 335 g/mol. The van der Waals surface area contributed by atoms with Crippen LogP contribution in [-0.2, 0) is 11.1 Å². The second kappa shape index (κ2) is 5.96. The molecular formula is C13H14N5O4P. The third-order valence-corrected chi connectivity index (χ3v) is 4.14. The summed E-state index contributed by atoms with van der Waals surface area (Å²) in [4.78, 5) is 30.4. The van der Waals surface area contributed by atoms with E-state index in [4.69, 9.17) is 20.3 Å². The number of anilines is 1. The molecule has 0 saturated carbocycles. The van der Waals surface area contributed by atoms with Crippen LogP contribution in [0.1, 0.15) is 0 Å². The molecular weight excluding hydrogens is 321 g/mol. The van der Waals surface area contributed by atoms with Gasteiger partial charge in [0.2, 0.25) is 0 Å². The van der Waals surface area contributed by atoms with Crippen molar-refractivity contribution in [3.63, 3.8) is 0 Å². The van der Waals surface area contributed by atoms with Crippen molar-refractivity contribution in [1.82, 2.24) is 19.5 Å². The topological polar surface area (TPSA) is 136 Å². The molecule has 0 bridgehead atoms. The molecule has 0 radical (unpaired) electrons. The quantitative estimate of drug-likeness (QED) is 0.566. The molecule has 2 heterocycles. The molecule has 0 saturated heterocycles. The Balaban J connectivity index is 1.70. The van der Waals surface area contributed by atoms with Crippen LogP contribution in [0.5, 0.6) is 5.75 Å². The van der Waals surface area contributed by atoms with E-state index < -0.39 is 7.60 Å². The maximum Gasteiger partial charge on any atom is 0.356 e. The van der Waals surface area contributed by atoms with Gasteiger partial charge in [0.1, 0.15) is 24.2 Å². The normalized spacial score (nSPS) is 11.7. The van der Waals surface area contributed by atoms with E-state index in [-0.39, 0.29) is 11.9 Å². The molecule has 0 aliphatic carbocycles. The second-order valence-corrected chi connectivity index (χ2v) is 6.36. The number of rotatable bonds is 5. The number of benzene rings is 1. The summed E-state index contributed by atoms with van der Waals surface area (Å²) in [6.07, 6.45) is 2.95. The third-order valence-electron chi connectivity index (χ3n) is 3.18. The van der Waals surface area contributed by atoms with E-state index in [1.807, 2.05) is 0 Å². The summed E-state index contributed by atoms with van der Waals surface area (Å²) in [6, 6.07) is 5.85. The second-order valence-electron chi connectivity index (χ2n) is 4.76. The van der Waals surface area contributed by atoms with E-state index in [1.165, 1.54) is 24.5 Å². The lowest BCUT2D eigenvalue weighted by Gasteiger charge is -2.09. The monoisotopic (exact) mass is 335 g/mol. The molecule has 23 heavy (non-hydrogen) atoms. The smallest absolute Gasteiger partial charge is 0.356 e. The summed E-state index contributed by atoms with van der Waals surface area (Å²) in [5, 5.41) is -0.0800. The molecule has 0 fully saturated rings. The number of aromatic nitrogens is 4. The third kappa shape index (κ3) is 3.31. The molecule has 3 rings (SSSR count). The summed E-state index contributed by atoms with van der Waals surface area (Å²) in [7, 11) is -4.29. The van der Waals surface area contributed by atoms with Gasteiger partial charge < -0.3 is 24.8 Å². The first-order valence-corrected chi connectivity index (χ1v) is 8.26. The first-order chi connectivity index (χ1) is 10.9. The largest absolute Gasteiger partial charge is 0.492 e. The van der Waals surface area contributed by atoms with Crippen molar-refractivity contribution < 1.29 is 19.1 Å². The fourth-order valence-corrected chi connectivity index (χ4v) is 2.65. The highest BCUT2D eigenvalue weighted by atomic mass is 31.2. The van der Waals surface area contributed by atoms with Gasteiger partial charge in [0.15, 0.2) is 11.5 Å². The minimum atomic E-state index is -4.29.